The van der Waals surface area contributed by atoms with Crippen molar-refractivity contribution in [2.24, 2.45) is 0 Å². The molecule has 0 spiro atoms. The Morgan fingerprint density at radius 2 is 0.658 bits per heavy atom. The summed E-state index contributed by atoms with van der Waals surface area (Å²) in [5.41, 5.74) is -26.8. The fourth-order valence-electron chi connectivity index (χ4n) is 7.73. The second kappa shape index (κ2) is 19.6. The van der Waals surface area contributed by atoms with Crippen LogP contribution in [0.25, 0.3) is 5.57 Å². The smallest absolute Gasteiger partial charge is 0.252 e. The number of nitrogens with zero attached hydrogens (tertiary/aromatic N) is 2. The number of halogens is 24. The summed E-state index contributed by atoms with van der Waals surface area (Å²) in [5, 5.41) is 0. The molecule has 5 aromatic carbocycles. The van der Waals surface area contributed by atoms with Gasteiger partial charge < -0.3 is 0 Å². The van der Waals surface area contributed by atoms with Gasteiger partial charge >= 0.3 is 49.4 Å². The normalized spacial score (nSPS) is 13.4. The van der Waals surface area contributed by atoms with Crippen LogP contribution >= 0.6 is 0 Å². The Labute approximate surface area is 395 Å². The minimum atomic E-state index is -6.13. The summed E-state index contributed by atoms with van der Waals surface area (Å²) in [6, 6.07) is 1.57. The molecular formula is C46H27BF24N2. The van der Waals surface area contributed by atoms with Gasteiger partial charge in [-0.2, -0.15) is 132 Å². The predicted molar refractivity (Wildman–Crippen MR) is 215 cm³/mol. The second-order valence-electron chi connectivity index (χ2n) is 16.1. The molecule has 27 heteroatoms. The van der Waals surface area contributed by atoms with Gasteiger partial charge in [-0.1, -0.05) is 85.4 Å². The van der Waals surface area contributed by atoms with Gasteiger partial charge in [0.2, 0.25) is 5.69 Å². The van der Waals surface area contributed by atoms with Crippen LogP contribution in [0.5, 0.6) is 0 Å². The Kier molecular flexibility index (Phi) is 15.4. The van der Waals surface area contributed by atoms with E-state index in [-0.39, 0.29) is 0 Å². The molecule has 2 nitrogen and oxygen atoms in total. The van der Waals surface area contributed by atoms with Crippen molar-refractivity contribution in [1.29, 1.82) is 0 Å². The van der Waals surface area contributed by atoms with Gasteiger partial charge in [0.05, 0.1) is 56.9 Å². The highest BCUT2D eigenvalue weighted by Crippen LogP contribution is 2.41. The molecule has 0 saturated heterocycles. The zero-order valence-corrected chi connectivity index (χ0v) is 36.0. The van der Waals surface area contributed by atoms with Crippen molar-refractivity contribution in [1.82, 2.24) is 4.98 Å². The average Bonchev–Trinajstić information content (AvgIpc) is 3.24. The van der Waals surface area contributed by atoms with Crippen LogP contribution in [0.15, 0.2) is 128 Å². The van der Waals surface area contributed by atoms with Crippen molar-refractivity contribution in [2.45, 2.75) is 62.9 Å². The van der Waals surface area contributed by atoms with E-state index >= 15 is 0 Å². The van der Waals surface area contributed by atoms with Crippen molar-refractivity contribution >= 4 is 33.6 Å². The number of benzene rings is 5. The standard InChI is InChI=1S/C32H12BF24.C14H15N2/c34-25(35,36)13-1-14(26(37,38)39)6-21(5-13)33(22-7-15(27(40,41)42)2-16(8-22)28(43,44)45,23-9-17(29(46,47)48)3-18(10-23)30(49,50)51)24-11-19(31(52,53)54)4-20(12-24)32(55,56)57;1-12(2)14-10-15-8-9-16(14)11-13-6-4-3-5-7-13/h1-12H;3-10H,1,11H2,2H3/q-1;+1. The molecule has 0 aliphatic carbocycles. The Morgan fingerprint density at radius 3 is 0.877 bits per heavy atom. The first-order valence-electron chi connectivity index (χ1n) is 19.9. The molecule has 0 bridgehead atoms. The molecule has 73 heavy (non-hydrogen) atoms. The number of hydrogen-bond acceptors (Lipinski definition) is 1. The Morgan fingerprint density at radius 1 is 0.411 bits per heavy atom. The van der Waals surface area contributed by atoms with Gasteiger partial charge in [0.1, 0.15) is 6.15 Å². The van der Waals surface area contributed by atoms with E-state index < -0.39 is 195 Å². The first-order chi connectivity index (χ1) is 33.0. The van der Waals surface area contributed by atoms with E-state index in [1.807, 2.05) is 25.4 Å². The van der Waals surface area contributed by atoms with Crippen LogP contribution in [0, 0.1) is 0 Å². The highest BCUT2D eigenvalue weighted by molar-refractivity contribution is 7.20. The van der Waals surface area contributed by atoms with Gasteiger partial charge in [-0.25, -0.2) is 0 Å². The van der Waals surface area contributed by atoms with Gasteiger partial charge in [-0.05, 0) is 31.2 Å². The minimum absolute atomic E-state index is 0.691. The molecule has 0 atom stereocenters. The van der Waals surface area contributed by atoms with Crippen molar-refractivity contribution in [2.75, 3.05) is 0 Å². The van der Waals surface area contributed by atoms with Gasteiger partial charge in [-0.15, -0.1) is 0 Å². The van der Waals surface area contributed by atoms with Crippen LogP contribution in [-0.4, -0.2) is 11.1 Å². The lowest BCUT2D eigenvalue weighted by Gasteiger charge is -2.46. The van der Waals surface area contributed by atoms with E-state index in [2.05, 4.69) is 40.4 Å². The molecule has 392 valence electrons. The molecule has 0 unspecified atom stereocenters. The van der Waals surface area contributed by atoms with E-state index in [1.165, 1.54) is 5.56 Å². The van der Waals surface area contributed by atoms with Crippen LogP contribution in [0.1, 0.15) is 62.7 Å². The molecule has 1 aromatic heterocycles. The Balaban J connectivity index is 0.000000520. The van der Waals surface area contributed by atoms with Crippen LogP contribution in [0.3, 0.4) is 0 Å². The maximum Gasteiger partial charge on any atom is 0.416 e. The lowest BCUT2D eigenvalue weighted by atomic mass is 9.12. The van der Waals surface area contributed by atoms with E-state index in [4.69, 9.17) is 0 Å². The van der Waals surface area contributed by atoms with Crippen molar-refractivity contribution in [3.8, 4) is 0 Å². The Bertz CT molecular complexity index is 2520. The third kappa shape index (κ3) is 13.3. The summed E-state index contributed by atoms with van der Waals surface area (Å²) in [6.07, 6.45) is -49.2. The predicted octanol–water partition coefficient (Wildman–Crippen LogP) is 13.7. The zero-order chi connectivity index (χ0) is 55.3. The highest BCUT2D eigenvalue weighted by Gasteiger charge is 2.47. The van der Waals surface area contributed by atoms with Gasteiger partial charge in [0.15, 0.2) is 12.7 Å². The van der Waals surface area contributed by atoms with Crippen molar-refractivity contribution < 1.29 is 110 Å². The summed E-state index contributed by atoms with van der Waals surface area (Å²) in [4.78, 5) is 4.13. The van der Waals surface area contributed by atoms with Gasteiger partial charge in [-0.3, -0.25) is 4.98 Å². The Hall–Kier alpha value is -6.70. The summed E-state index contributed by atoms with van der Waals surface area (Å²) in [5.74, 6) is 0. The molecule has 0 fully saturated rings. The minimum Gasteiger partial charge on any atom is -0.252 e. The molecular weight excluding hydrogens is 1050 g/mol. The first-order valence-corrected chi connectivity index (χ1v) is 19.9. The lowest BCUT2D eigenvalue weighted by Crippen LogP contribution is -2.75. The van der Waals surface area contributed by atoms with Crippen LogP contribution in [0.2, 0.25) is 0 Å². The molecule has 0 aliphatic rings. The lowest BCUT2D eigenvalue weighted by molar-refractivity contribution is -0.691. The maximum absolute atomic E-state index is 14.2. The summed E-state index contributed by atoms with van der Waals surface area (Å²) in [7, 11) is 0. The average molecular weight is 1070 g/mol. The van der Waals surface area contributed by atoms with Crippen LogP contribution in [0.4, 0.5) is 105 Å². The number of allylic oxidation sites excluding steroid dienone is 1. The molecule has 0 N–H and O–H groups in total. The van der Waals surface area contributed by atoms with Gasteiger partial charge in [0.25, 0.3) is 0 Å². The third-order valence-corrected chi connectivity index (χ3v) is 10.9. The molecule has 0 radical (unpaired) electrons. The van der Waals surface area contributed by atoms with Crippen molar-refractivity contribution in [3.63, 3.8) is 0 Å². The first kappa shape index (κ1) is 57.2. The second-order valence-corrected chi connectivity index (χ2v) is 16.1. The summed E-state index contributed by atoms with van der Waals surface area (Å²) < 4.78 is 343. The fourth-order valence-corrected chi connectivity index (χ4v) is 7.73. The largest absolute Gasteiger partial charge is 0.416 e. The van der Waals surface area contributed by atoms with E-state index in [1.54, 1.807) is 6.20 Å². The SMILES string of the molecule is C=C(C)c1cncc[n+]1Cc1ccccc1.FC(F)(F)c1cc([B-](c2cc(C(F)(F)F)cc(C(F)(F)F)c2)(c2cc(C(F)(F)F)cc(C(F)(F)F)c2)c2cc(C(F)(F)F)cc(C(F)(F)F)c2)cc(C(F)(F)F)c1. The fraction of sp³-hybridized carbons (Fsp3) is 0.217. The zero-order valence-electron chi connectivity index (χ0n) is 36.0. The highest BCUT2D eigenvalue weighted by atomic mass is 19.4. The monoisotopic (exact) mass is 1070 g/mol. The van der Waals surface area contributed by atoms with Gasteiger partial charge in [0, 0.05) is 11.1 Å². The molecule has 6 rings (SSSR count). The maximum atomic E-state index is 14.2. The number of rotatable bonds is 7. The molecule has 0 saturated carbocycles. The molecule has 0 aliphatic heterocycles. The number of aromatic nitrogens is 2. The van der Waals surface area contributed by atoms with Crippen LogP contribution in [-0.2, 0) is 56.0 Å². The molecule has 1 heterocycles. The summed E-state index contributed by atoms with van der Waals surface area (Å²) >= 11 is 0. The van der Waals surface area contributed by atoms with E-state index in [0.29, 0.717) is 0 Å². The summed E-state index contributed by atoms with van der Waals surface area (Å²) in [6.45, 7) is 6.82. The van der Waals surface area contributed by atoms with E-state index in [9.17, 15) is 105 Å². The molecule has 6 aromatic rings. The number of alkyl halides is 24. The van der Waals surface area contributed by atoms with Crippen molar-refractivity contribution in [3.05, 3.63) is 184 Å². The topological polar surface area (TPSA) is 16.8 Å². The number of hydrogen-bond donors (Lipinski definition) is 0. The quantitative estimate of drug-likeness (QED) is 0.0884. The van der Waals surface area contributed by atoms with Crippen LogP contribution < -0.4 is 26.4 Å². The third-order valence-electron chi connectivity index (χ3n) is 10.9. The molecule has 0 amide bonds. The van der Waals surface area contributed by atoms with E-state index in [0.717, 1.165) is 17.8 Å².